The van der Waals surface area contributed by atoms with Crippen LogP contribution in [0.4, 0.5) is 0 Å². The fourth-order valence-electron chi connectivity index (χ4n) is 9.21. The predicted octanol–water partition coefficient (Wildman–Crippen LogP) is 13.9. The summed E-state index contributed by atoms with van der Waals surface area (Å²) >= 11 is 0. The van der Waals surface area contributed by atoms with Gasteiger partial charge in [-0.15, -0.1) is 0 Å². The van der Waals surface area contributed by atoms with Gasteiger partial charge in [-0.05, 0) is 74.2 Å². The summed E-state index contributed by atoms with van der Waals surface area (Å²) in [6, 6.07) is 22.3. The highest BCUT2D eigenvalue weighted by atomic mass is 16.1. The van der Waals surface area contributed by atoms with E-state index >= 15 is 0 Å². The van der Waals surface area contributed by atoms with Gasteiger partial charge in [0, 0.05) is 91.7 Å². The Balaban J connectivity index is 1.33. The van der Waals surface area contributed by atoms with Crippen LogP contribution in [0.15, 0.2) is 72.8 Å². The average Bonchev–Trinajstić information content (AvgIpc) is 4.08. The van der Waals surface area contributed by atoms with Crippen molar-refractivity contribution in [2.24, 2.45) is 0 Å². The van der Waals surface area contributed by atoms with Crippen molar-refractivity contribution in [1.29, 1.82) is 0 Å². The molecule has 0 amide bonds. The number of rotatable bonds is 20. The maximum atomic E-state index is 13.6. The van der Waals surface area contributed by atoms with Gasteiger partial charge in [-0.2, -0.15) is 0 Å². The maximum Gasteiger partial charge on any atom is 0.164 e. The largest absolute Gasteiger partial charge is 0.324 e. The van der Waals surface area contributed by atoms with Crippen molar-refractivity contribution in [2.45, 2.75) is 130 Å². The lowest BCUT2D eigenvalue weighted by atomic mass is 9.99. The summed E-state index contributed by atoms with van der Waals surface area (Å²) < 4.78 is 0. The van der Waals surface area contributed by atoms with Gasteiger partial charge in [0.25, 0.3) is 0 Å². The van der Waals surface area contributed by atoms with Crippen molar-refractivity contribution in [3.05, 3.63) is 95.1 Å². The minimum Gasteiger partial charge on any atom is -0.324 e. The first-order chi connectivity index (χ1) is 33.2. The van der Waals surface area contributed by atoms with Gasteiger partial charge < -0.3 is 9.97 Å². The molecule has 0 saturated carbocycles. The Kier molecular flexibility index (Phi) is 13.8. The minimum absolute atomic E-state index is 0.0475. The van der Waals surface area contributed by atoms with E-state index in [1.165, 1.54) is 0 Å². The molecule has 2 aliphatic rings. The number of ketones is 4. The molecule has 7 aromatic rings. The zero-order chi connectivity index (χ0) is 47.3. The molecule has 68 heavy (non-hydrogen) atoms. The molecule has 0 spiro atoms. The first-order valence-electron chi connectivity index (χ1n) is 24.7. The SMILES string of the molecule is CCCCCC(=O)c1ccc2c(c1)-c1nc-2nc2[nH]c(nc3nc(nc4[nH]c(n1)c1ccc(C(=O)CCCCC)cc41)-c1ccc(C(=O)CCCCC)cc1-3)c1ccc(C(=O)CCCCC)cc21. The molecule has 12 heteroatoms. The third-order valence-corrected chi connectivity index (χ3v) is 13.1. The number of nitrogens with zero attached hydrogens (tertiary/aromatic N) is 6. The van der Waals surface area contributed by atoms with Crippen LogP contribution < -0.4 is 0 Å². The lowest BCUT2D eigenvalue weighted by Gasteiger charge is -2.04. The topological polar surface area (TPSA) is 177 Å². The zero-order valence-corrected chi connectivity index (χ0v) is 39.6. The van der Waals surface area contributed by atoms with E-state index in [4.69, 9.17) is 29.9 Å². The summed E-state index contributed by atoms with van der Waals surface area (Å²) in [4.78, 5) is 92.1. The number of fused-ring (bicyclic) bond motifs is 20. The Bertz CT molecular complexity index is 3070. The molecule has 2 N–H and O–H groups in total. The molecule has 12 nitrogen and oxygen atoms in total. The summed E-state index contributed by atoms with van der Waals surface area (Å²) in [5, 5.41) is 2.80. The van der Waals surface area contributed by atoms with Crippen LogP contribution in [0.3, 0.4) is 0 Å². The molecule has 5 heterocycles. The number of aromatic amines is 2. The number of Topliss-reactive ketones (excluding diaryl/α,β-unsaturated/α-hetero) is 4. The quantitative estimate of drug-likeness (QED) is 0.0552. The molecule has 0 saturated heterocycles. The molecule has 9 rings (SSSR count). The second-order valence-electron chi connectivity index (χ2n) is 18.2. The van der Waals surface area contributed by atoms with Crippen LogP contribution in [0, 0.1) is 0 Å². The van der Waals surface area contributed by atoms with Crippen LogP contribution in [0.1, 0.15) is 172 Å². The van der Waals surface area contributed by atoms with Crippen molar-refractivity contribution >= 4 is 67.3 Å². The zero-order valence-electron chi connectivity index (χ0n) is 39.6. The molecular formula is C56H58N8O4. The van der Waals surface area contributed by atoms with E-state index in [2.05, 4.69) is 37.7 Å². The highest BCUT2D eigenvalue weighted by molar-refractivity contribution is 6.11. The van der Waals surface area contributed by atoms with Gasteiger partial charge in [0.15, 0.2) is 46.4 Å². The third-order valence-electron chi connectivity index (χ3n) is 13.1. The Morgan fingerprint density at radius 1 is 0.338 bits per heavy atom. The highest BCUT2D eigenvalue weighted by Crippen LogP contribution is 2.39. The van der Waals surface area contributed by atoms with Crippen molar-refractivity contribution in [1.82, 2.24) is 39.9 Å². The van der Waals surface area contributed by atoms with E-state index in [9.17, 15) is 19.2 Å². The molecular weight excluding hydrogens is 849 g/mol. The van der Waals surface area contributed by atoms with E-state index in [1.807, 2.05) is 72.8 Å². The van der Waals surface area contributed by atoms with Crippen LogP contribution in [0.25, 0.3) is 89.7 Å². The molecule has 0 aliphatic carbocycles. The lowest BCUT2D eigenvalue weighted by molar-refractivity contribution is 0.0971. The Hall–Kier alpha value is -7.08. The van der Waals surface area contributed by atoms with Crippen molar-refractivity contribution in [2.75, 3.05) is 0 Å². The predicted molar refractivity (Wildman–Crippen MR) is 270 cm³/mol. The fraction of sp³-hybridized carbons (Fsp3) is 0.357. The lowest BCUT2D eigenvalue weighted by Crippen LogP contribution is -1.99. The number of benzene rings is 4. The van der Waals surface area contributed by atoms with Gasteiger partial charge in [-0.25, -0.2) is 29.9 Å². The van der Waals surface area contributed by atoms with E-state index < -0.39 is 0 Å². The van der Waals surface area contributed by atoms with Gasteiger partial charge in [0.05, 0.1) is 0 Å². The highest BCUT2D eigenvalue weighted by Gasteiger charge is 2.25. The number of unbranched alkanes of at least 4 members (excludes halogenated alkanes) is 8. The molecule has 0 radical (unpaired) electrons. The second kappa shape index (κ2) is 20.4. The summed E-state index contributed by atoms with van der Waals surface area (Å²) in [7, 11) is 0. The van der Waals surface area contributed by atoms with E-state index in [0.29, 0.717) is 127 Å². The average molecular weight is 907 g/mol. The number of carbonyl (C=O) groups excluding carboxylic acids is 4. The maximum absolute atomic E-state index is 13.6. The second-order valence-corrected chi connectivity index (χ2v) is 18.2. The van der Waals surface area contributed by atoms with Crippen LogP contribution in [-0.2, 0) is 0 Å². The van der Waals surface area contributed by atoms with Crippen molar-refractivity contribution in [3.8, 4) is 45.6 Å². The van der Waals surface area contributed by atoms with Gasteiger partial charge in [-0.3, -0.25) is 19.2 Å². The monoisotopic (exact) mass is 906 g/mol. The normalized spacial score (nSPS) is 11.8. The molecule has 346 valence electrons. The fourth-order valence-corrected chi connectivity index (χ4v) is 9.21. The Morgan fingerprint density at radius 2 is 0.632 bits per heavy atom. The molecule has 0 unspecified atom stereocenters. The van der Waals surface area contributed by atoms with Gasteiger partial charge in [0.2, 0.25) is 0 Å². The van der Waals surface area contributed by atoms with Gasteiger partial charge in [0.1, 0.15) is 22.6 Å². The van der Waals surface area contributed by atoms with Crippen molar-refractivity contribution < 1.29 is 19.2 Å². The number of hydrogen-bond acceptors (Lipinski definition) is 10. The number of aromatic nitrogens is 8. The Labute approximate surface area is 395 Å². The van der Waals surface area contributed by atoms with Crippen LogP contribution >= 0.6 is 0 Å². The van der Waals surface area contributed by atoms with Crippen molar-refractivity contribution in [3.63, 3.8) is 0 Å². The first kappa shape index (κ1) is 46.0. The summed E-state index contributed by atoms with van der Waals surface area (Å²) in [5.41, 5.74) is 6.78. The third kappa shape index (κ3) is 9.41. The molecule has 2 aliphatic heterocycles. The van der Waals surface area contributed by atoms with Crippen LogP contribution in [0.5, 0.6) is 0 Å². The Morgan fingerprint density at radius 3 is 0.971 bits per heavy atom. The smallest absolute Gasteiger partial charge is 0.164 e. The molecule has 8 bridgehead atoms. The summed E-state index contributed by atoms with van der Waals surface area (Å²) in [6.45, 7) is 8.47. The minimum atomic E-state index is 0.0475. The number of hydrogen-bond donors (Lipinski definition) is 2. The first-order valence-corrected chi connectivity index (χ1v) is 24.7. The molecule has 0 atom stereocenters. The molecule has 3 aromatic heterocycles. The van der Waals surface area contributed by atoms with Crippen LogP contribution in [0.2, 0.25) is 0 Å². The molecule has 0 fully saturated rings. The van der Waals surface area contributed by atoms with E-state index in [-0.39, 0.29) is 23.1 Å². The van der Waals surface area contributed by atoms with E-state index in [0.717, 1.165) is 87.8 Å². The number of H-pyrrole nitrogens is 2. The summed E-state index contributed by atoms with van der Waals surface area (Å²) in [5.74, 6) is 1.65. The van der Waals surface area contributed by atoms with Crippen LogP contribution in [-0.4, -0.2) is 63.0 Å². The van der Waals surface area contributed by atoms with Gasteiger partial charge >= 0.3 is 0 Å². The number of nitrogens with one attached hydrogen (secondary N) is 2. The van der Waals surface area contributed by atoms with Gasteiger partial charge in [-0.1, -0.05) is 103 Å². The summed E-state index contributed by atoms with van der Waals surface area (Å²) in [6.07, 6.45) is 12.9. The molecule has 4 aromatic carbocycles. The number of carbonyl (C=O) groups is 4. The van der Waals surface area contributed by atoms with E-state index in [1.54, 1.807) is 0 Å². The standard InChI is InChI=1S/C56H58N8O4/c1-5-9-13-17-45(65)33-21-25-37-41(29-33)53-57-49(37)62-54-43-31-35(47(67)19-15-11-7-3)23-27-39(43)51(59-54)64-56-44-32-36(48(68)20-16-12-8-4)24-28-40(44)52(60-56)63-55-42-30-34(46(66)18-14-10-6-2)22-26-38(42)50(58-55)61-53/h21-32H,5-20H2,1-4H3,(H2,57,58,59,60,61,62,63,64).